The van der Waals surface area contributed by atoms with Gasteiger partial charge in [0.1, 0.15) is 5.82 Å². The highest BCUT2D eigenvalue weighted by Gasteiger charge is 2.22. The fraction of sp³-hybridized carbons (Fsp3) is 0.667. The first-order chi connectivity index (χ1) is 6.49. The maximum atomic E-state index is 5.61. The summed E-state index contributed by atoms with van der Waals surface area (Å²) in [5.74, 6) is 1.08. The lowest BCUT2D eigenvalue weighted by Gasteiger charge is -2.20. The van der Waals surface area contributed by atoms with E-state index in [0.29, 0.717) is 11.1 Å². The van der Waals surface area contributed by atoms with Crippen LogP contribution in [0.25, 0.3) is 0 Å². The number of nitrogen functional groups attached to an aromatic ring is 1. The van der Waals surface area contributed by atoms with Crippen LogP contribution in [-0.4, -0.2) is 21.2 Å². The van der Waals surface area contributed by atoms with Crippen molar-refractivity contribution in [2.75, 3.05) is 12.0 Å². The summed E-state index contributed by atoms with van der Waals surface area (Å²) in [6.45, 7) is 6.32. The third-order valence-electron chi connectivity index (χ3n) is 2.30. The fourth-order valence-electron chi connectivity index (χ4n) is 0.924. The third-order valence-corrected chi connectivity index (χ3v) is 2.85. The molecule has 0 aliphatic carbocycles. The van der Waals surface area contributed by atoms with E-state index < -0.39 is 0 Å². The van der Waals surface area contributed by atoms with E-state index in [-0.39, 0.29) is 5.41 Å². The fourth-order valence-corrected chi connectivity index (χ4v) is 1.29. The molecule has 0 amide bonds. The first kappa shape index (κ1) is 11.2. The highest BCUT2D eigenvalue weighted by molar-refractivity contribution is 7.98. The molecule has 14 heavy (non-hydrogen) atoms. The van der Waals surface area contributed by atoms with Crippen LogP contribution < -0.4 is 5.73 Å². The predicted molar refractivity (Wildman–Crippen MR) is 59.3 cm³/mol. The van der Waals surface area contributed by atoms with Crippen molar-refractivity contribution < 1.29 is 0 Å². The van der Waals surface area contributed by atoms with Crippen molar-refractivity contribution in [1.82, 2.24) is 15.0 Å². The molecule has 4 nitrogen and oxygen atoms in total. The van der Waals surface area contributed by atoms with Crippen molar-refractivity contribution in [2.45, 2.75) is 37.8 Å². The summed E-state index contributed by atoms with van der Waals surface area (Å²) < 4.78 is 0. The number of aromatic nitrogens is 3. The molecule has 0 spiro atoms. The Balaban J connectivity index is 3.15. The Labute approximate surface area is 88.7 Å². The molecule has 0 aromatic carbocycles. The maximum Gasteiger partial charge on any atom is 0.224 e. The molecule has 0 fully saturated rings. The number of nitrogens with two attached hydrogens (primary N) is 1. The van der Waals surface area contributed by atoms with Gasteiger partial charge in [-0.1, -0.05) is 32.5 Å². The first-order valence-electron chi connectivity index (χ1n) is 4.55. The Morgan fingerprint density at radius 1 is 1.29 bits per heavy atom. The predicted octanol–water partition coefficient (Wildman–Crippen LogP) is 1.86. The molecular formula is C9H16N4S. The molecular weight excluding hydrogens is 196 g/mol. The van der Waals surface area contributed by atoms with Crippen LogP contribution in [0, 0.1) is 0 Å². The molecule has 0 saturated heterocycles. The van der Waals surface area contributed by atoms with Gasteiger partial charge in [0.15, 0.2) is 5.16 Å². The molecule has 78 valence electrons. The number of thioether (sulfide) groups is 1. The summed E-state index contributed by atoms with van der Waals surface area (Å²) in [6, 6.07) is 0. The van der Waals surface area contributed by atoms with Crippen molar-refractivity contribution in [2.24, 2.45) is 0 Å². The van der Waals surface area contributed by atoms with Gasteiger partial charge in [-0.3, -0.25) is 0 Å². The largest absolute Gasteiger partial charge is 0.368 e. The third kappa shape index (κ3) is 2.35. The Morgan fingerprint density at radius 3 is 2.43 bits per heavy atom. The van der Waals surface area contributed by atoms with E-state index in [4.69, 9.17) is 5.73 Å². The Bertz CT molecular complexity index is 325. The highest BCUT2D eigenvalue weighted by Crippen LogP contribution is 2.24. The van der Waals surface area contributed by atoms with E-state index in [2.05, 4.69) is 35.7 Å². The van der Waals surface area contributed by atoms with Gasteiger partial charge in [0.25, 0.3) is 0 Å². The second-order valence-electron chi connectivity index (χ2n) is 3.74. The minimum atomic E-state index is -0.0401. The van der Waals surface area contributed by atoms with Crippen LogP contribution in [0.1, 0.15) is 33.0 Å². The minimum absolute atomic E-state index is 0.0401. The molecule has 5 heteroatoms. The van der Waals surface area contributed by atoms with Gasteiger partial charge in [-0.15, -0.1) is 0 Å². The Kier molecular flexibility index (Phi) is 3.31. The quantitative estimate of drug-likeness (QED) is 0.775. The van der Waals surface area contributed by atoms with E-state index in [1.807, 2.05) is 6.26 Å². The minimum Gasteiger partial charge on any atom is -0.368 e. The van der Waals surface area contributed by atoms with Crippen molar-refractivity contribution in [3.05, 3.63) is 5.82 Å². The SMILES string of the molecule is CCC(C)(C)c1nc(N)nc(SC)n1. The van der Waals surface area contributed by atoms with Crippen LogP contribution in [0.3, 0.4) is 0 Å². The first-order valence-corrected chi connectivity index (χ1v) is 5.78. The van der Waals surface area contributed by atoms with E-state index >= 15 is 0 Å². The highest BCUT2D eigenvalue weighted by atomic mass is 32.2. The lowest BCUT2D eigenvalue weighted by atomic mass is 9.89. The molecule has 0 unspecified atom stereocenters. The van der Waals surface area contributed by atoms with Crippen LogP contribution >= 0.6 is 11.8 Å². The molecule has 0 bridgehead atoms. The zero-order valence-corrected chi connectivity index (χ0v) is 9.85. The van der Waals surface area contributed by atoms with E-state index in [0.717, 1.165) is 12.2 Å². The lowest BCUT2D eigenvalue weighted by molar-refractivity contribution is 0.465. The smallest absolute Gasteiger partial charge is 0.224 e. The van der Waals surface area contributed by atoms with Crippen LogP contribution in [-0.2, 0) is 5.41 Å². The number of hydrogen-bond donors (Lipinski definition) is 1. The van der Waals surface area contributed by atoms with Crippen LogP contribution in [0.4, 0.5) is 5.95 Å². The van der Waals surface area contributed by atoms with Gasteiger partial charge < -0.3 is 5.73 Å². The zero-order valence-electron chi connectivity index (χ0n) is 9.03. The lowest BCUT2D eigenvalue weighted by Crippen LogP contribution is -2.21. The van der Waals surface area contributed by atoms with Crippen molar-refractivity contribution in [1.29, 1.82) is 0 Å². The Morgan fingerprint density at radius 2 is 1.93 bits per heavy atom. The summed E-state index contributed by atoms with van der Waals surface area (Å²) in [6.07, 6.45) is 2.90. The molecule has 2 N–H and O–H groups in total. The van der Waals surface area contributed by atoms with E-state index in [1.54, 1.807) is 0 Å². The summed E-state index contributed by atoms with van der Waals surface area (Å²) in [7, 11) is 0. The molecule has 0 saturated carbocycles. The van der Waals surface area contributed by atoms with Crippen LogP contribution in [0.5, 0.6) is 0 Å². The van der Waals surface area contributed by atoms with Gasteiger partial charge in [0, 0.05) is 5.41 Å². The van der Waals surface area contributed by atoms with Crippen molar-refractivity contribution in [3.8, 4) is 0 Å². The molecule has 0 radical (unpaired) electrons. The molecule has 0 aliphatic heterocycles. The number of nitrogens with zero attached hydrogens (tertiary/aromatic N) is 3. The molecule has 1 aromatic rings. The Hall–Kier alpha value is -0.840. The van der Waals surface area contributed by atoms with Crippen molar-refractivity contribution >= 4 is 17.7 Å². The molecule has 0 aliphatic rings. The van der Waals surface area contributed by atoms with Gasteiger partial charge in [0.05, 0.1) is 0 Å². The van der Waals surface area contributed by atoms with Gasteiger partial charge >= 0.3 is 0 Å². The van der Waals surface area contributed by atoms with Gasteiger partial charge in [-0.2, -0.15) is 9.97 Å². The standard InChI is InChI=1S/C9H16N4S/c1-5-9(2,3)6-11-7(10)13-8(12-6)14-4/h5H2,1-4H3,(H2,10,11,12,13). The monoisotopic (exact) mass is 212 g/mol. The molecule has 1 rings (SSSR count). The zero-order chi connectivity index (χ0) is 10.8. The number of hydrogen-bond acceptors (Lipinski definition) is 5. The summed E-state index contributed by atoms with van der Waals surface area (Å²) >= 11 is 1.48. The van der Waals surface area contributed by atoms with E-state index in [1.165, 1.54) is 11.8 Å². The average molecular weight is 212 g/mol. The number of rotatable bonds is 3. The maximum absolute atomic E-state index is 5.61. The van der Waals surface area contributed by atoms with Gasteiger partial charge in [-0.25, -0.2) is 4.98 Å². The second kappa shape index (κ2) is 4.13. The normalized spacial score (nSPS) is 11.7. The molecule has 1 aromatic heterocycles. The molecule has 1 heterocycles. The summed E-state index contributed by atoms with van der Waals surface area (Å²) in [4.78, 5) is 12.5. The summed E-state index contributed by atoms with van der Waals surface area (Å²) in [5, 5.41) is 0.689. The van der Waals surface area contributed by atoms with Crippen LogP contribution in [0.15, 0.2) is 5.16 Å². The number of anilines is 1. The topological polar surface area (TPSA) is 64.7 Å². The molecule has 0 atom stereocenters. The van der Waals surface area contributed by atoms with Crippen molar-refractivity contribution in [3.63, 3.8) is 0 Å². The second-order valence-corrected chi connectivity index (χ2v) is 4.51. The van der Waals surface area contributed by atoms with E-state index in [9.17, 15) is 0 Å². The van der Waals surface area contributed by atoms with Gasteiger partial charge in [-0.05, 0) is 12.7 Å². The van der Waals surface area contributed by atoms with Crippen LogP contribution in [0.2, 0.25) is 0 Å². The average Bonchev–Trinajstić information content (AvgIpc) is 2.16. The summed E-state index contributed by atoms with van der Waals surface area (Å²) in [5.41, 5.74) is 5.57. The van der Waals surface area contributed by atoms with Gasteiger partial charge in [0.2, 0.25) is 5.95 Å².